The lowest BCUT2D eigenvalue weighted by Crippen LogP contribution is -2.07. The number of methoxy groups -OCH3 is 1. The molecule has 0 saturated heterocycles. The van der Waals surface area contributed by atoms with Crippen LogP contribution in [0.1, 0.15) is 18.1 Å². The highest BCUT2D eigenvalue weighted by Gasteiger charge is 2.05. The Labute approximate surface area is 125 Å². The Hall–Kier alpha value is -2.49. The van der Waals surface area contributed by atoms with Crippen molar-refractivity contribution in [2.45, 2.75) is 20.4 Å². The molecule has 0 atom stereocenters. The molecule has 0 unspecified atom stereocenters. The molecule has 2 N–H and O–H groups in total. The first-order valence-electron chi connectivity index (χ1n) is 6.83. The fraction of sp³-hybridized carbons (Fsp3) is 0.235. The van der Waals surface area contributed by atoms with Crippen LogP contribution < -0.4 is 15.4 Å². The van der Waals surface area contributed by atoms with Gasteiger partial charge in [0.25, 0.3) is 0 Å². The summed E-state index contributed by atoms with van der Waals surface area (Å²) in [6, 6.07) is 14.0. The van der Waals surface area contributed by atoms with E-state index < -0.39 is 0 Å². The number of carbonyl (C=O) groups is 1. The molecule has 0 spiro atoms. The molecule has 0 heterocycles. The molecule has 0 radical (unpaired) electrons. The fourth-order valence-electron chi connectivity index (χ4n) is 2.12. The van der Waals surface area contributed by atoms with E-state index in [1.165, 1.54) is 18.1 Å². The van der Waals surface area contributed by atoms with Gasteiger partial charge in [-0.2, -0.15) is 0 Å². The van der Waals surface area contributed by atoms with Gasteiger partial charge in [-0.1, -0.05) is 29.8 Å². The van der Waals surface area contributed by atoms with Gasteiger partial charge in [-0.15, -0.1) is 0 Å². The van der Waals surface area contributed by atoms with Gasteiger partial charge in [-0.3, -0.25) is 4.79 Å². The van der Waals surface area contributed by atoms with Crippen LogP contribution in [0.3, 0.4) is 0 Å². The third-order valence-corrected chi connectivity index (χ3v) is 3.09. The molecule has 4 nitrogen and oxygen atoms in total. The number of hydrogen-bond donors (Lipinski definition) is 2. The number of hydrogen-bond acceptors (Lipinski definition) is 3. The largest absolute Gasteiger partial charge is 0.494 e. The zero-order valence-corrected chi connectivity index (χ0v) is 12.6. The summed E-state index contributed by atoms with van der Waals surface area (Å²) in [6.07, 6.45) is 0. The third kappa shape index (κ3) is 4.24. The summed E-state index contributed by atoms with van der Waals surface area (Å²) in [7, 11) is 1.59. The normalized spacial score (nSPS) is 10.0. The van der Waals surface area contributed by atoms with E-state index in [0.29, 0.717) is 11.4 Å². The van der Waals surface area contributed by atoms with E-state index in [4.69, 9.17) is 4.74 Å². The Morgan fingerprint density at radius 3 is 2.67 bits per heavy atom. The maximum atomic E-state index is 11.1. The Morgan fingerprint density at radius 1 is 1.19 bits per heavy atom. The maximum absolute atomic E-state index is 11.1. The number of nitrogens with one attached hydrogen (secondary N) is 2. The van der Waals surface area contributed by atoms with Crippen LogP contribution in [0.4, 0.5) is 11.4 Å². The highest BCUT2D eigenvalue weighted by molar-refractivity contribution is 5.90. The summed E-state index contributed by atoms with van der Waals surface area (Å²) in [5.74, 6) is 0.521. The summed E-state index contributed by atoms with van der Waals surface area (Å²) in [4.78, 5) is 11.1. The number of benzene rings is 2. The highest BCUT2D eigenvalue weighted by Crippen LogP contribution is 2.28. The van der Waals surface area contributed by atoms with Crippen LogP contribution in [0.15, 0.2) is 42.5 Å². The standard InChI is InChI=1S/C17H20N2O2/c1-12-5-4-6-14(9-12)11-18-15-7-8-16(19-13(2)20)17(10-15)21-3/h4-10,18H,11H2,1-3H3,(H,19,20). The molecular formula is C17H20N2O2. The maximum Gasteiger partial charge on any atom is 0.221 e. The smallest absolute Gasteiger partial charge is 0.221 e. The zero-order valence-electron chi connectivity index (χ0n) is 12.6. The molecular weight excluding hydrogens is 264 g/mol. The summed E-state index contributed by atoms with van der Waals surface area (Å²) >= 11 is 0. The van der Waals surface area contributed by atoms with E-state index in [2.05, 4.69) is 35.8 Å². The van der Waals surface area contributed by atoms with Crippen LogP contribution in [0.5, 0.6) is 5.75 Å². The van der Waals surface area contributed by atoms with Gasteiger partial charge in [0.05, 0.1) is 12.8 Å². The van der Waals surface area contributed by atoms with Gasteiger partial charge in [0, 0.05) is 25.2 Å². The molecule has 0 bridgehead atoms. The van der Waals surface area contributed by atoms with Crippen molar-refractivity contribution >= 4 is 17.3 Å². The Bertz CT molecular complexity index is 638. The predicted molar refractivity (Wildman–Crippen MR) is 85.8 cm³/mol. The summed E-state index contributed by atoms with van der Waals surface area (Å²) < 4.78 is 5.30. The van der Waals surface area contributed by atoms with Crippen LogP contribution in [0.2, 0.25) is 0 Å². The highest BCUT2D eigenvalue weighted by atomic mass is 16.5. The molecule has 2 rings (SSSR count). The van der Waals surface area contributed by atoms with Crippen molar-refractivity contribution in [2.24, 2.45) is 0 Å². The number of rotatable bonds is 5. The SMILES string of the molecule is COc1cc(NCc2cccc(C)c2)ccc1NC(C)=O. The van der Waals surface area contributed by atoms with Gasteiger partial charge < -0.3 is 15.4 Å². The van der Waals surface area contributed by atoms with Crippen molar-refractivity contribution in [3.05, 3.63) is 53.6 Å². The van der Waals surface area contributed by atoms with Crippen LogP contribution in [-0.2, 0) is 11.3 Å². The molecule has 0 aromatic heterocycles. The second-order valence-electron chi connectivity index (χ2n) is 4.94. The lowest BCUT2D eigenvalue weighted by atomic mass is 10.1. The Kier molecular flexibility index (Phi) is 4.82. The monoisotopic (exact) mass is 284 g/mol. The first-order chi connectivity index (χ1) is 10.1. The minimum atomic E-state index is -0.117. The van der Waals surface area contributed by atoms with Crippen LogP contribution in [-0.4, -0.2) is 13.0 Å². The average Bonchev–Trinajstić information content (AvgIpc) is 2.45. The molecule has 0 saturated carbocycles. The van der Waals surface area contributed by atoms with Gasteiger partial charge in [0.15, 0.2) is 0 Å². The minimum Gasteiger partial charge on any atom is -0.494 e. The molecule has 0 fully saturated rings. The quantitative estimate of drug-likeness (QED) is 0.882. The van der Waals surface area contributed by atoms with Gasteiger partial charge in [-0.25, -0.2) is 0 Å². The van der Waals surface area contributed by atoms with E-state index in [-0.39, 0.29) is 5.91 Å². The molecule has 0 aliphatic rings. The summed E-state index contributed by atoms with van der Waals surface area (Å²) in [5, 5.41) is 6.09. The van der Waals surface area contributed by atoms with Gasteiger partial charge in [0.2, 0.25) is 5.91 Å². The number of carbonyl (C=O) groups excluding carboxylic acids is 1. The fourth-order valence-corrected chi connectivity index (χ4v) is 2.12. The van der Waals surface area contributed by atoms with E-state index in [0.717, 1.165) is 12.2 Å². The number of amides is 1. The van der Waals surface area contributed by atoms with E-state index in [1.54, 1.807) is 7.11 Å². The summed E-state index contributed by atoms with van der Waals surface area (Å²) in [5.41, 5.74) is 4.08. The summed E-state index contributed by atoms with van der Waals surface area (Å²) in [6.45, 7) is 4.29. The van der Waals surface area contributed by atoms with Crippen LogP contribution in [0.25, 0.3) is 0 Å². The second-order valence-corrected chi connectivity index (χ2v) is 4.94. The van der Waals surface area contributed by atoms with Gasteiger partial charge in [0.1, 0.15) is 5.75 Å². The molecule has 0 aliphatic carbocycles. The average molecular weight is 284 g/mol. The Morgan fingerprint density at radius 2 is 2.00 bits per heavy atom. The van der Waals surface area contributed by atoms with Gasteiger partial charge >= 0.3 is 0 Å². The minimum absolute atomic E-state index is 0.117. The third-order valence-electron chi connectivity index (χ3n) is 3.09. The second kappa shape index (κ2) is 6.79. The molecule has 2 aromatic rings. The molecule has 1 amide bonds. The zero-order chi connectivity index (χ0) is 15.2. The van der Waals surface area contributed by atoms with E-state index >= 15 is 0 Å². The number of anilines is 2. The molecule has 4 heteroatoms. The first kappa shape index (κ1) is 14.9. The van der Waals surface area contributed by atoms with Crippen molar-refractivity contribution in [2.75, 3.05) is 17.7 Å². The molecule has 2 aromatic carbocycles. The Balaban J connectivity index is 2.08. The van der Waals surface area contributed by atoms with Crippen molar-refractivity contribution in [3.63, 3.8) is 0 Å². The predicted octanol–water partition coefficient (Wildman–Crippen LogP) is 3.57. The topological polar surface area (TPSA) is 50.4 Å². The van der Waals surface area contributed by atoms with Crippen molar-refractivity contribution in [1.29, 1.82) is 0 Å². The van der Waals surface area contributed by atoms with Crippen LogP contribution in [0, 0.1) is 6.92 Å². The van der Waals surface area contributed by atoms with Crippen molar-refractivity contribution < 1.29 is 9.53 Å². The molecule has 110 valence electrons. The number of ether oxygens (including phenoxy) is 1. The molecule has 0 aliphatic heterocycles. The lowest BCUT2D eigenvalue weighted by Gasteiger charge is -2.12. The number of aryl methyl sites for hydroxylation is 1. The first-order valence-corrected chi connectivity index (χ1v) is 6.83. The van der Waals surface area contributed by atoms with E-state index in [1.807, 2.05) is 24.3 Å². The lowest BCUT2D eigenvalue weighted by molar-refractivity contribution is -0.114. The van der Waals surface area contributed by atoms with E-state index in [9.17, 15) is 4.79 Å². The van der Waals surface area contributed by atoms with Crippen molar-refractivity contribution in [1.82, 2.24) is 0 Å². The van der Waals surface area contributed by atoms with Crippen LogP contribution >= 0.6 is 0 Å². The van der Waals surface area contributed by atoms with Gasteiger partial charge in [-0.05, 0) is 24.6 Å². The molecule has 21 heavy (non-hydrogen) atoms. The van der Waals surface area contributed by atoms with Crippen molar-refractivity contribution in [3.8, 4) is 5.75 Å².